The molecule has 0 atom stereocenters. The van der Waals surface area contributed by atoms with Crippen molar-refractivity contribution in [3.8, 4) is 11.4 Å². The maximum absolute atomic E-state index is 9.11. The number of nitrogens with zero attached hydrogens (tertiary/aromatic N) is 3. The number of rotatable bonds is 2. The Morgan fingerprint density at radius 2 is 1.72 bits per heavy atom. The van der Waals surface area contributed by atoms with Crippen LogP contribution in [0.15, 0.2) is 24.3 Å². The molecule has 1 heterocycles. The van der Waals surface area contributed by atoms with Crippen LogP contribution < -0.4 is 0 Å². The van der Waals surface area contributed by atoms with E-state index in [1.807, 2.05) is 23.7 Å². The predicted octanol–water partition coefficient (Wildman–Crippen LogP) is 2.27. The number of aromatic nitrogens is 3. The van der Waals surface area contributed by atoms with Crippen LogP contribution in [0.1, 0.15) is 32.2 Å². The minimum atomic E-state index is -0.0937. The van der Waals surface area contributed by atoms with E-state index >= 15 is 0 Å². The Bertz CT molecular complexity index is 535. The lowest BCUT2D eigenvalue weighted by Crippen LogP contribution is -2.10. The van der Waals surface area contributed by atoms with Crippen molar-refractivity contribution in [1.82, 2.24) is 14.8 Å². The molecule has 4 nitrogen and oxygen atoms in total. The highest BCUT2D eigenvalue weighted by Crippen LogP contribution is 2.25. The molecule has 0 unspecified atom stereocenters. The third kappa shape index (κ3) is 2.29. The van der Waals surface area contributed by atoms with Crippen molar-refractivity contribution in [2.24, 2.45) is 7.05 Å². The topological polar surface area (TPSA) is 50.9 Å². The van der Waals surface area contributed by atoms with Crippen LogP contribution in [-0.4, -0.2) is 19.9 Å². The fourth-order valence-corrected chi connectivity index (χ4v) is 1.87. The van der Waals surface area contributed by atoms with Crippen molar-refractivity contribution >= 4 is 0 Å². The van der Waals surface area contributed by atoms with Gasteiger partial charge in [0.25, 0.3) is 0 Å². The van der Waals surface area contributed by atoms with Crippen molar-refractivity contribution < 1.29 is 5.11 Å². The lowest BCUT2D eigenvalue weighted by atomic mass is 9.87. The zero-order valence-corrected chi connectivity index (χ0v) is 11.3. The quantitative estimate of drug-likeness (QED) is 0.883. The fourth-order valence-electron chi connectivity index (χ4n) is 1.87. The van der Waals surface area contributed by atoms with Gasteiger partial charge >= 0.3 is 0 Å². The minimum absolute atomic E-state index is 0.0937. The maximum atomic E-state index is 9.11. The molecule has 0 aliphatic carbocycles. The highest BCUT2D eigenvalue weighted by Gasteiger charge is 2.14. The highest BCUT2D eigenvalue weighted by atomic mass is 16.3. The van der Waals surface area contributed by atoms with Gasteiger partial charge in [-0.3, -0.25) is 0 Å². The summed E-state index contributed by atoms with van der Waals surface area (Å²) in [7, 11) is 1.86. The molecule has 4 heteroatoms. The van der Waals surface area contributed by atoms with E-state index in [-0.39, 0.29) is 12.0 Å². The molecule has 0 saturated carbocycles. The van der Waals surface area contributed by atoms with Gasteiger partial charge in [-0.15, -0.1) is 10.2 Å². The summed E-state index contributed by atoms with van der Waals surface area (Å²) < 4.78 is 1.81. The summed E-state index contributed by atoms with van der Waals surface area (Å²) in [6.07, 6.45) is 0. The molecule has 18 heavy (non-hydrogen) atoms. The van der Waals surface area contributed by atoms with Gasteiger partial charge in [-0.05, 0) is 11.0 Å². The molecule has 1 aromatic carbocycles. The number of aliphatic hydroxyl groups excluding tert-OH is 1. The molecule has 2 rings (SSSR count). The molecule has 96 valence electrons. The average Bonchev–Trinajstić information content (AvgIpc) is 2.69. The van der Waals surface area contributed by atoms with Crippen LogP contribution in [0.4, 0.5) is 0 Å². The summed E-state index contributed by atoms with van der Waals surface area (Å²) in [6, 6.07) is 8.32. The van der Waals surface area contributed by atoms with Crippen LogP contribution in [-0.2, 0) is 19.1 Å². The van der Waals surface area contributed by atoms with E-state index in [1.54, 1.807) is 0 Å². The molecular formula is C14H19N3O. The maximum Gasteiger partial charge on any atom is 0.163 e. The Kier molecular flexibility index (Phi) is 3.22. The van der Waals surface area contributed by atoms with E-state index < -0.39 is 0 Å². The third-order valence-corrected chi connectivity index (χ3v) is 3.12. The molecule has 0 amide bonds. The lowest BCUT2D eigenvalue weighted by Gasteiger charge is -2.19. The fraction of sp³-hybridized carbons (Fsp3) is 0.429. The number of hydrogen-bond acceptors (Lipinski definition) is 3. The van der Waals surface area contributed by atoms with Crippen LogP contribution >= 0.6 is 0 Å². The second-order valence-corrected chi connectivity index (χ2v) is 5.48. The van der Waals surface area contributed by atoms with Crippen LogP contribution in [0.25, 0.3) is 11.4 Å². The van der Waals surface area contributed by atoms with Crippen molar-refractivity contribution in [1.29, 1.82) is 0 Å². The van der Waals surface area contributed by atoms with Gasteiger partial charge in [0.1, 0.15) is 6.61 Å². The SMILES string of the molecule is Cn1c(CO)nnc1-c1ccc(C(C)(C)C)cc1. The Labute approximate surface area is 107 Å². The van der Waals surface area contributed by atoms with E-state index in [1.165, 1.54) is 5.56 Å². The van der Waals surface area contributed by atoms with Crippen molar-refractivity contribution in [3.05, 3.63) is 35.7 Å². The largest absolute Gasteiger partial charge is 0.388 e. The normalized spacial score (nSPS) is 11.8. The van der Waals surface area contributed by atoms with Gasteiger partial charge in [-0.2, -0.15) is 0 Å². The van der Waals surface area contributed by atoms with Gasteiger partial charge in [0.05, 0.1) is 0 Å². The Hall–Kier alpha value is -1.68. The highest BCUT2D eigenvalue weighted by molar-refractivity contribution is 5.56. The van der Waals surface area contributed by atoms with Gasteiger partial charge < -0.3 is 9.67 Å². The standard InChI is InChI=1S/C14H19N3O/c1-14(2,3)11-7-5-10(6-8-11)13-16-15-12(9-18)17(13)4/h5-8,18H,9H2,1-4H3. The van der Waals surface area contributed by atoms with Crippen LogP contribution in [0.3, 0.4) is 0 Å². The summed E-state index contributed by atoms with van der Waals surface area (Å²) in [5.41, 5.74) is 2.45. The zero-order chi connectivity index (χ0) is 13.3. The molecular weight excluding hydrogens is 226 g/mol. The van der Waals surface area contributed by atoms with Gasteiger partial charge in [0.15, 0.2) is 11.6 Å². The second kappa shape index (κ2) is 4.53. The molecule has 0 saturated heterocycles. The Morgan fingerprint density at radius 1 is 1.11 bits per heavy atom. The monoisotopic (exact) mass is 245 g/mol. The average molecular weight is 245 g/mol. The molecule has 0 radical (unpaired) electrons. The smallest absolute Gasteiger partial charge is 0.163 e. The summed E-state index contributed by atoms with van der Waals surface area (Å²) in [5.74, 6) is 1.35. The molecule has 0 aliphatic heterocycles. The molecule has 0 spiro atoms. The van der Waals surface area contributed by atoms with Crippen LogP contribution in [0.2, 0.25) is 0 Å². The van der Waals surface area contributed by atoms with E-state index in [0.717, 1.165) is 11.4 Å². The van der Waals surface area contributed by atoms with E-state index in [2.05, 4.69) is 43.1 Å². The van der Waals surface area contributed by atoms with Crippen molar-refractivity contribution in [3.63, 3.8) is 0 Å². The number of aliphatic hydroxyl groups is 1. The van der Waals surface area contributed by atoms with Gasteiger partial charge in [-0.1, -0.05) is 45.0 Å². The zero-order valence-electron chi connectivity index (χ0n) is 11.3. The Balaban J connectivity index is 2.37. The predicted molar refractivity (Wildman–Crippen MR) is 71.1 cm³/mol. The van der Waals surface area contributed by atoms with Crippen molar-refractivity contribution in [2.75, 3.05) is 0 Å². The summed E-state index contributed by atoms with van der Waals surface area (Å²) in [4.78, 5) is 0. The van der Waals surface area contributed by atoms with Crippen molar-refractivity contribution in [2.45, 2.75) is 32.8 Å². The molecule has 0 aliphatic rings. The van der Waals surface area contributed by atoms with Gasteiger partial charge in [0.2, 0.25) is 0 Å². The van der Waals surface area contributed by atoms with E-state index in [9.17, 15) is 0 Å². The number of benzene rings is 1. The molecule has 1 aromatic heterocycles. The minimum Gasteiger partial charge on any atom is -0.388 e. The third-order valence-electron chi connectivity index (χ3n) is 3.12. The first-order valence-electron chi connectivity index (χ1n) is 6.03. The summed E-state index contributed by atoms with van der Waals surface area (Å²) in [6.45, 7) is 6.47. The molecule has 2 aromatic rings. The van der Waals surface area contributed by atoms with E-state index in [0.29, 0.717) is 5.82 Å². The molecule has 0 bridgehead atoms. The first-order valence-corrected chi connectivity index (χ1v) is 6.03. The lowest BCUT2D eigenvalue weighted by molar-refractivity contribution is 0.267. The second-order valence-electron chi connectivity index (χ2n) is 5.48. The molecule has 0 fully saturated rings. The van der Waals surface area contributed by atoms with Crippen LogP contribution in [0.5, 0.6) is 0 Å². The summed E-state index contributed by atoms with van der Waals surface area (Å²) >= 11 is 0. The van der Waals surface area contributed by atoms with Crippen LogP contribution in [0, 0.1) is 0 Å². The van der Waals surface area contributed by atoms with E-state index in [4.69, 9.17) is 5.11 Å². The first kappa shape index (κ1) is 12.8. The summed E-state index contributed by atoms with van der Waals surface area (Å²) in [5, 5.41) is 17.2. The molecule has 1 N–H and O–H groups in total. The van der Waals surface area contributed by atoms with Gasteiger partial charge in [0, 0.05) is 12.6 Å². The Morgan fingerprint density at radius 3 is 2.17 bits per heavy atom. The first-order chi connectivity index (χ1) is 8.43. The number of hydrogen-bond donors (Lipinski definition) is 1. The van der Waals surface area contributed by atoms with Gasteiger partial charge in [-0.25, -0.2) is 0 Å².